The highest BCUT2D eigenvalue weighted by Crippen LogP contribution is 2.29. The van der Waals surface area contributed by atoms with Gasteiger partial charge in [-0.15, -0.1) is 0 Å². The molecule has 1 amide bonds. The number of aromatic nitrogens is 2. The number of amides is 1. The van der Waals surface area contributed by atoms with Gasteiger partial charge in [-0.25, -0.2) is 19.2 Å². The van der Waals surface area contributed by atoms with Crippen LogP contribution >= 0.6 is 11.6 Å². The van der Waals surface area contributed by atoms with Gasteiger partial charge in [0.25, 0.3) is 0 Å². The fraction of sp³-hybridized carbons (Fsp3) is 0.643. The predicted octanol–water partition coefficient (Wildman–Crippen LogP) is 3.38. The molecule has 0 spiro atoms. The molecule has 7 heteroatoms. The lowest BCUT2D eigenvalue weighted by atomic mass is 9.93. The van der Waals surface area contributed by atoms with Crippen LogP contribution < -0.4 is 0 Å². The molecule has 2 heterocycles. The van der Waals surface area contributed by atoms with E-state index in [1.54, 1.807) is 4.90 Å². The van der Waals surface area contributed by atoms with Crippen LogP contribution in [0.3, 0.4) is 0 Å². The molecular weight excluding hydrogens is 297 g/mol. The highest BCUT2D eigenvalue weighted by atomic mass is 35.5. The molecular formula is C14H19ClFN3O2. The first-order chi connectivity index (χ1) is 9.76. The Balaban J connectivity index is 1.97. The molecule has 0 saturated carbocycles. The van der Waals surface area contributed by atoms with E-state index in [2.05, 4.69) is 9.97 Å². The van der Waals surface area contributed by atoms with Crippen LogP contribution in [0.25, 0.3) is 0 Å². The lowest BCUT2D eigenvalue weighted by molar-refractivity contribution is 0.0203. The average Bonchev–Trinajstić information content (AvgIpc) is 2.40. The maximum Gasteiger partial charge on any atom is 0.410 e. The Bertz CT molecular complexity index is 525. The molecule has 116 valence electrons. The summed E-state index contributed by atoms with van der Waals surface area (Å²) in [6.45, 7) is 6.52. The highest BCUT2D eigenvalue weighted by Gasteiger charge is 2.29. The minimum Gasteiger partial charge on any atom is -0.444 e. The summed E-state index contributed by atoms with van der Waals surface area (Å²) in [7, 11) is 0. The zero-order valence-electron chi connectivity index (χ0n) is 12.4. The van der Waals surface area contributed by atoms with Crippen LogP contribution in [0.15, 0.2) is 6.20 Å². The molecule has 0 aromatic carbocycles. The van der Waals surface area contributed by atoms with Crippen molar-refractivity contribution in [2.75, 3.05) is 13.1 Å². The van der Waals surface area contributed by atoms with Gasteiger partial charge < -0.3 is 9.64 Å². The lowest BCUT2D eigenvalue weighted by Crippen LogP contribution is -2.41. The largest absolute Gasteiger partial charge is 0.444 e. The maximum absolute atomic E-state index is 13.7. The topological polar surface area (TPSA) is 55.3 Å². The van der Waals surface area contributed by atoms with Crippen molar-refractivity contribution >= 4 is 17.7 Å². The summed E-state index contributed by atoms with van der Waals surface area (Å²) in [5, 5.41) is 0.0426. The van der Waals surface area contributed by atoms with Crippen molar-refractivity contribution < 1.29 is 13.9 Å². The molecule has 21 heavy (non-hydrogen) atoms. The van der Waals surface area contributed by atoms with Gasteiger partial charge in [0.05, 0.1) is 11.9 Å². The van der Waals surface area contributed by atoms with Crippen molar-refractivity contribution in [1.82, 2.24) is 14.9 Å². The van der Waals surface area contributed by atoms with Gasteiger partial charge in [-0.1, -0.05) is 0 Å². The smallest absolute Gasteiger partial charge is 0.410 e. The third-order valence-electron chi connectivity index (χ3n) is 3.28. The summed E-state index contributed by atoms with van der Waals surface area (Å²) in [5.74, 6) is -0.501. The Kier molecular flexibility index (Phi) is 4.66. The van der Waals surface area contributed by atoms with Crippen LogP contribution in [-0.4, -0.2) is 39.7 Å². The molecule has 0 aliphatic carbocycles. The van der Waals surface area contributed by atoms with E-state index >= 15 is 0 Å². The average molecular weight is 316 g/mol. The molecule has 0 bridgehead atoms. The zero-order valence-corrected chi connectivity index (χ0v) is 13.2. The Hall–Kier alpha value is -1.43. The third-order valence-corrected chi connectivity index (χ3v) is 3.46. The quantitative estimate of drug-likeness (QED) is 0.745. The second kappa shape index (κ2) is 6.13. The molecule has 5 nitrogen and oxygen atoms in total. The first-order valence-corrected chi connectivity index (χ1v) is 7.30. The standard InChI is InChI=1S/C14H19ClFN3O2/c1-14(2,3)21-13(20)19-6-4-9(5-7-19)11-10(16)8-17-12(15)18-11/h8-9H,4-7H2,1-3H3. The number of piperidine rings is 1. The molecule has 0 N–H and O–H groups in total. The maximum atomic E-state index is 13.7. The molecule has 1 aliphatic rings. The summed E-state index contributed by atoms with van der Waals surface area (Å²) in [6.07, 6.45) is 2.01. The number of halogens is 2. The number of carbonyl (C=O) groups excluding carboxylic acids is 1. The predicted molar refractivity (Wildman–Crippen MR) is 76.8 cm³/mol. The van der Waals surface area contributed by atoms with E-state index in [-0.39, 0.29) is 17.3 Å². The van der Waals surface area contributed by atoms with E-state index in [1.165, 1.54) is 0 Å². The van der Waals surface area contributed by atoms with Gasteiger partial charge in [-0.05, 0) is 45.2 Å². The van der Waals surface area contributed by atoms with Crippen LogP contribution in [0.5, 0.6) is 0 Å². The number of hydrogen-bond donors (Lipinski definition) is 0. The first-order valence-electron chi connectivity index (χ1n) is 6.92. The molecule has 0 unspecified atom stereocenters. The minimum absolute atomic E-state index is 0.0426. The number of likely N-dealkylation sites (tertiary alicyclic amines) is 1. The van der Waals surface area contributed by atoms with Crippen molar-refractivity contribution in [2.45, 2.75) is 45.1 Å². The van der Waals surface area contributed by atoms with E-state index in [0.29, 0.717) is 31.6 Å². The monoisotopic (exact) mass is 315 g/mol. The van der Waals surface area contributed by atoms with Crippen molar-refractivity contribution in [3.63, 3.8) is 0 Å². The van der Waals surface area contributed by atoms with Crippen LogP contribution in [0, 0.1) is 5.82 Å². The number of nitrogens with zero attached hydrogens (tertiary/aromatic N) is 3. The Morgan fingerprint density at radius 3 is 2.62 bits per heavy atom. The second-order valence-corrected chi connectivity index (χ2v) is 6.45. The molecule has 2 rings (SSSR count). The van der Waals surface area contributed by atoms with E-state index in [1.807, 2.05) is 20.8 Å². The molecule has 1 saturated heterocycles. The summed E-state index contributed by atoms with van der Waals surface area (Å²) in [6, 6.07) is 0. The normalized spacial score (nSPS) is 16.9. The van der Waals surface area contributed by atoms with Crippen molar-refractivity contribution in [3.8, 4) is 0 Å². The fourth-order valence-electron chi connectivity index (χ4n) is 2.31. The lowest BCUT2D eigenvalue weighted by Gasteiger charge is -2.33. The summed E-state index contributed by atoms with van der Waals surface area (Å²) in [4.78, 5) is 21.2. The van der Waals surface area contributed by atoms with Gasteiger partial charge in [-0.3, -0.25) is 0 Å². The van der Waals surface area contributed by atoms with Crippen molar-refractivity contribution in [2.24, 2.45) is 0 Å². The van der Waals surface area contributed by atoms with E-state index in [4.69, 9.17) is 16.3 Å². The number of hydrogen-bond acceptors (Lipinski definition) is 4. The molecule has 1 aromatic rings. The van der Waals surface area contributed by atoms with Crippen LogP contribution in [0.1, 0.15) is 45.2 Å². The van der Waals surface area contributed by atoms with Gasteiger partial charge >= 0.3 is 6.09 Å². The number of rotatable bonds is 1. The summed E-state index contributed by atoms with van der Waals surface area (Å²) in [5.41, 5.74) is -0.181. The van der Waals surface area contributed by atoms with Crippen LogP contribution in [-0.2, 0) is 4.74 Å². The van der Waals surface area contributed by atoms with Crippen molar-refractivity contribution in [1.29, 1.82) is 0 Å². The van der Waals surface area contributed by atoms with Gasteiger partial charge in [0.2, 0.25) is 5.28 Å². The molecule has 1 fully saturated rings. The second-order valence-electron chi connectivity index (χ2n) is 6.11. The summed E-state index contributed by atoms with van der Waals surface area (Å²) < 4.78 is 19.1. The van der Waals surface area contributed by atoms with E-state index in [9.17, 15) is 9.18 Å². The van der Waals surface area contributed by atoms with Crippen LogP contribution in [0.4, 0.5) is 9.18 Å². The molecule has 1 aliphatic heterocycles. The number of carbonyl (C=O) groups is 1. The van der Waals surface area contributed by atoms with Crippen LogP contribution in [0.2, 0.25) is 5.28 Å². The Morgan fingerprint density at radius 2 is 2.05 bits per heavy atom. The van der Waals surface area contributed by atoms with E-state index < -0.39 is 11.4 Å². The number of ether oxygens (including phenoxy) is 1. The minimum atomic E-state index is -0.514. The zero-order chi connectivity index (χ0) is 15.6. The van der Waals surface area contributed by atoms with Gasteiger partial charge in [0, 0.05) is 19.0 Å². The molecule has 0 atom stereocenters. The molecule has 1 aromatic heterocycles. The Morgan fingerprint density at radius 1 is 1.43 bits per heavy atom. The summed E-state index contributed by atoms with van der Waals surface area (Å²) >= 11 is 5.71. The molecule has 0 radical (unpaired) electrons. The van der Waals surface area contributed by atoms with Gasteiger partial charge in [-0.2, -0.15) is 0 Å². The Labute approximate surface area is 128 Å². The van der Waals surface area contributed by atoms with Crippen molar-refractivity contribution in [3.05, 3.63) is 23.0 Å². The van der Waals surface area contributed by atoms with Gasteiger partial charge in [0.1, 0.15) is 5.60 Å². The fourth-order valence-corrected chi connectivity index (χ4v) is 2.45. The van der Waals surface area contributed by atoms with Gasteiger partial charge in [0.15, 0.2) is 5.82 Å². The van der Waals surface area contributed by atoms with E-state index in [0.717, 1.165) is 6.20 Å². The SMILES string of the molecule is CC(C)(C)OC(=O)N1CCC(c2nc(Cl)ncc2F)CC1. The third kappa shape index (κ3) is 4.27. The first kappa shape index (κ1) is 15.9. The highest BCUT2D eigenvalue weighted by molar-refractivity contribution is 6.28.